The molecule has 2 nitrogen and oxygen atoms in total. The zero-order valence-corrected chi connectivity index (χ0v) is 21.1. The predicted molar refractivity (Wildman–Crippen MR) is 142 cm³/mol. The summed E-state index contributed by atoms with van der Waals surface area (Å²) >= 11 is 7.11. The molecule has 0 unspecified atom stereocenters. The summed E-state index contributed by atoms with van der Waals surface area (Å²) in [7, 11) is 0. The van der Waals surface area contributed by atoms with Crippen LogP contribution < -0.4 is 0 Å². The number of fused-ring (bicyclic) bond motifs is 6. The first-order valence-electron chi connectivity index (χ1n) is 10.8. The van der Waals surface area contributed by atoms with Gasteiger partial charge >= 0.3 is 6.18 Å². The Morgan fingerprint density at radius 3 is 1.80 bits per heavy atom. The lowest BCUT2D eigenvalue weighted by Crippen LogP contribution is -2.05. The average Bonchev–Trinajstić information content (AvgIpc) is 3.24. The van der Waals surface area contributed by atoms with E-state index in [0.29, 0.717) is 11.5 Å². The Bertz CT molecular complexity index is 1730. The standard InChI is InChI=1S/C28H15Br2F3N2/c29-18-13-16(14-19(30)15-18)27-34-25-23-7-3-1-5-21(23)22-6-2-4-8-24(22)26(25)35(27)20-11-9-17(10-12-20)28(31,32)33/h1-15H. The molecule has 0 fully saturated rings. The topological polar surface area (TPSA) is 17.8 Å². The average molecular weight is 596 g/mol. The molecule has 0 amide bonds. The fourth-order valence-electron chi connectivity index (χ4n) is 4.63. The first-order chi connectivity index (χ1) is 16.8. The zero-order chi connectivity index (χ0) is 24.3. The van der Waals surface area contributed by atoms with Gasteiger partial charge in [0.2, 0.25) is 0 Å². The summed E-state index contributed by atoms with van der Waals surface area (Å²) < 4.78 is 43.6. The van der Waals surface area contributed by atoms with Crippen LogP contribution in [0, 0.1) is 0 Å². The maximum Gasteiger partial charge on any atom is 0.416 e. The van der Waals surface area contributed by atoms with E-state index in [9.17, 15) is 13.2 Å². The van der Waals surface area contributed by atoms with Crippen molar-refractivity contribution in [3.63, 3.8) is 0 Å². The van der Waals surface area contributed by atoms with Crippen molar-refractivity contribution < 1.29 is 13.2 Å². The lowest BCUT2D eigenvalue weighted by Gasteiger charge is -2.14. The summed E-state index contributed by atoms with van der Waals surface area (Å²) in [6.07, 6.45) is -4.41. The Balaban J connectivity index is 1.79. The first kappa shape index (κ1) is 22.3. The van der Waals surface area contributed by atoms with Gasteiger partial charge in [-0.05, 0) is 53.2 Å². The predicted octanol–water partition coefficient (Wildman–Crippen LogP) is 9.54. The molecule has 0 radical (unpaired) electrons. The van der Waals surface area contributed by atoms with Crippen LogP contribution in [0.1, 0.15) is 5.56 Å². The van der Waals surface area contributed by atoms with Gasteiger partial charge in [0.05, 0.1) is 16.6 Å². The number of hydrogen-bond donors (Lipinski definition) is 0. The van der Waals surface area contributed by atoms with E-state index in [1.54, 1.807) is 0 Å². The van der Waals surface area contributed by atoms with Crippen LogP contribution >= 0.6 is 31.9 Å². The normalized spacial score (nSPS) is 12.1. The number of halogens is 5. The molecule has 1 aromatic heterocycles. The van der Waals surface area contributed by atoms with Crippen molar-refractivity contribution in [2.75, 3.05) is 0 Å². The second-order valence-corrected chi connectivity index (χ2v) is 10.1. The molecular weight excluding hydrogens is 581 g/mol. The minimum Gasteiger partial charge on any atom is -0.292 e. The Labute approximate surface area is 215 Å². The van der Waals surface area contributed by atoms with Gasteiger partial charge in [-0.15, -0.1) is 0 Å². The molecular formula is C28H15Br2F3N2. The van der Waals surface area contributed by atoms with Crippen molar-refractivity contribution in [3.05, 3.63) is 106 Å². The van der Waals surface area contributed by atoms with Gasteiger partial charge in [0.1, 0.15) is 5.82 Å². The first-order valence-corrected chi connectivity index (χ1v) is 12.4. The molecule has 7 heteroatoms. The summed E-state index contributed by atoms with van der Waals surface area (Å²) in [5, 5.41) is 4.11. The monoisotopic (exact) mass is 594 g/mol. The van der Waals surface area contributed by atoms with E-state index >= 15 is 0 Å². The Kier molecular flexibility index (Phi) is 5.23. The van der Waals surface area contributed by atoms with Crippen molar-refractivity contribution in [1.29, 1.82) is 0 Å². The van der Waals surface area contributed by atoms with E-state index in [-0.39, 0.29) is 0 Å². The molecule has 1 heterocycles. The third kappa shape index (κ3) is 3.74. The van der Waals surface area contributed by atoms with Crippen LogP contribution in [0.25, 0.3) is 49.7 Å². The second-order valence-electron chi connectivity index (χ2n) is 8.26. The van der Waals surface area contributed by atoms with Crippen molar-refractivity contribution >= 4 is 64.4 Å². The molecule has 0 bridgehead atoms. The van der Waals surface area contributed by atoms with Crippen LogP contribution in [0.15, 0.2) is 99.9 Å². The van der Waals surface area contributed by atoms with Gasteiger partial charge in [-0.2, -0.15) is 13.2 Å². The number of rotatable bonds is 2. The fraction of sp³-hybridized carbons (Fsp3) is 0.0357. The van der Waals surface area contributed by atoms with Gasteiger partial charge in [0, 0.05) is 31.0 Å². The van der Waals surface area contributed by atoms with Crippen LogP contribution in [0.3, 0.4) is 0 Å². The van der Waals surface area contributed by atoms with E-state index in [1.165, 1.54) is 12.1 Å². The fourth-order valence-corrected chi connectivity index (χ4v) is 5.93. The molecule has 0 aliphatic heterocycles. The maximum atomic E-state index is 13.3. The quantitative estimate of drug-likeness (QED) is 0.182. The molecule has 0 saturated carbocycles. The minimum absolute atomic E-state index is 0.604. The highest BCUT2D eigenvalue weighted by molar-refractivity contribution is 9.11. The lowest BCUT2D eigenvalue weighted by molar-refractivity contribution is -0.137. The van der Waals surface area contributed by atoms with Crippen LogP contribution in [0.5, 0.6) is 0 Å². The Morgan fingerprint density at radius 1 is 0.657 bits per heavy atom. The van der Waals surface area contributed by atoms with Crippen LogP contribution in [0.2, 0.25) is 0 Å². The van der Waals surface area contributed by atoms with E-state index in [4.69, 9.17) is 4.98 Å². The maximum absolute atomic E-state index is 13.3. The van der Waals surface area contributed by atoms with E-state index in [0.717, 1.165) is 59.2 Å². The summed E-state index contributed by atoms with van der Waals surface area (Å²) in [5.74, 6) is 0.642. The molecule has 6 rings (SSSR count). The van der Waals surface area contributed by atoms with Crippen LogP contribution in [-0.2, 0) is 6.18 Å². The van der Waals surface area contributed by atoms with E-state index in [2.05, 4.69) is 44.0 Å². The van der Waals surface area contributed by atoms with Crippen LogP contribution in [0.4, 0.5) is 13.2 Å². The Morgan fingerprint density at radius 2 is 1.20 bits per heavy atom. The third-order valence-electron chi connectivity index (χ3n) is 6.11. The van der Waals surface area contributed by atoms with Crippen molar-refractivity contribution in [3.8, 4) is 17.1 Å². The highest BCUT2D eigenvalue weighted by Crippen LogP contribution is 2.40. The summed E-state index contributed by atoms with van der Waals surface area (Å²) in [6, 6.07) is 27.2. The molecule has 0 saturated heterocycles. The minimum atomic E-state index is -4.41. The number of benzene rings is 5. The number of hydrogen-bond acceptors (Lipinski definition) is 1. The molecule has 35 heavy (non-hydrogen) atoms. The smallest absolute Gasteiger partial charge is 0.292 e. The van der Waals surface area contributed by atoms with E-state index < -0.39 is 11.7 Å². The van der Waals surface area contributed by atoms with Crippen LogP contribution in [-0.4, -0.2) is 9.55 Å². The largest absolute Gasteiger partial charge is 0.416 e. The number of nitrogens with zero attached hydrogens (tertiary/aromatic N) is 2. The Hall–Kier alpha value is -3.16. The molecule has 0 spiro atoms. The molecule has 0 N–H and O–H groups in total. The van der Waals surface area contributed by atoms with Crippen molar-refractivity contribution in [2.45, 2.75) is 6.18 Å². The highest BCUT2D eigenvalue weighted by atomic mass is 79.9. The SMILES string of the molecule is FC(F)(F)c1ccc(-n2c(-c3cc(Br)cc(Br)c3)nc3c4ccccc4c4ccccc4c32)cc1. The van der Waals surface area contributed by atoms with Gasteiger partial charge in [-0.3, -0.25) is 4.57 Å². The van der Waals surface area contributed by atoms with Crippen molar-refractivity contribution in [2.24, 2.45) is 0 Å². The van der Waals surface area contributed by atoms with Gasteiger partial charge in [-0.25, -0.2) is 4.98 Å². The summed E-state index contributed by atoms with van der Waals surface area (Å²) in [5.41, 5.74) is 2.39. The molecule has 6 aromatic rings. The summed E-state index contributed by atoms with van der Waals surface area (Å²) in [6.45, 7) is 0. The number of imidazole rings is 1. The molecule has 0 aliphatic rings. The molecule has 5 aromatic carbocycles. The number of alkyl halides is 3. The molecule has 0 aliphatic carbocycles. The zero-order valence-electron chi connectivity index (χ0n) is 17.9. The second kappa shape index (κ2) is 8.21. The molecule has 0 atom stereocenters. The van der Waals surface area contributed by atoms with E-state index in [1.807, 2.05) is 59.2 Å². The van der Waals surface area contributed by atoms with Gasteiger partial charge in [0.15, 0.2) is 0 Å². The van der Waals surface area contributed by atoms with Gasteiger partial charge in [0.25, 0.3) is 0 Å². The van der Waals surface area contributed by atoms with Crippen molar-refractivity contribution in [1.82, 2.24) is 9.55 Å². The summed E-state index contributed by atoms with van der Waals surface area (Å²) in [4.78, 5) is 5.09. The molecule has 172 valence electrons. The van der Waals surface area contributed by atoms with Gasteiger partial charge < -0.3 is 0 Å². The third-order valence-corrected chi connectivity index (χ3v) is 7.02. The number of aromatic nitrogens is 2. The van der Waals surface area contributed by atoms with Gasteiger partial charge in [-0.1, -0.05) is 80.4 Å². The highest BCUT2D eigenvalue weighted by Gasteiger charge is 2.30. The lowest BCUT2D eigenvalue weighted by atomic mass is 10.00.